The van der Waals surface area contributed by atoms with E-state index in [4.69, 9.17) is 0 Å². The average Bonchev–Trinajstić information content (AvgIpc) is 3.24. The van der Waals surface area contributed by atoms with Crippen LogP contribution in [0.1, 0.15) is 122 Å². The summed E-state index contributed by atoms with van der Waals surface area (Å²) in [6.07, 6.45) is 15.4. The van der Waals surface area contributed by atoms with Gasteiger partial charge in [-0.2, -0.15) is 5.26 Å². The minimum absolute atomic E-state index is 0.0000159. The summed E-state index contributed by atoms with van der Waals surface area (Å²) >= 11 is 0. The van der Waals surface area contributed by atoms with Crippen molar-refractivity contribution < 1.29 is 9.59 Å². The number of aryl methyl sites for hydroxylation is 2. The minimum Gasteiger partial charge on any atom is -0.295 e. The van der Waals surface area contributed by atoms with Gasteiger partial charge in [0.05, 0.1) is 17.2 Å². The lowest BCUT2D eigenvalue weighted by atomic mass is 9.44. The second kappa shape index (κ2) is 10.4. The Kier molecular flexibility index (Phi) is 7.57. The Morgan fingerprint density at radius 1 is 1.10 bits per heavy atom. The van der Waals surface area contributed by atoms with Gasteiger partial charge in [0.2, 0.25) is 5.91 Å². The van der Waals surface area contributed by atoms with Crippen molar-refractivity contribution in [3.63, 3.8) is 0 Å². The molecule has 2 unspecified atom stereocenters. The van der Waals surface area contributed by atoms with Gasteiger partial charge >= 0.3 is 0 Å². The molecule has 4 aliphatic carbocycles. The van der Waals surface area contributed by atoms with Crippen molar-refractivity contribution in [2.24, 2.45) is 45.3 Å². The summed E-state index contributed by atoms with van der Waals surface area (Å²) in [5, 5.41) is 9.87. The molecule has 222 valence electrons. The summed E-state index contributed by atoms with van der Waals surface area (Å²) in [7, 11) is 0. The summed E-state index contributed by atoms with van der Waals surface area (Å²) in [5.41, 5.74) is 1.99. The second-order valence-electron chi connectivity index (χ2n) is 15.5. The summed E-state index contributed by atoms with van der Waals surface area (Å²) in [4.78, 5) is 34.0. The molecule has 2 saturated carbocycles. The predicted octanol–water partition coefficient (Wildman–Crippen LogP) is 8.57. The van der Waals surface area contributed by atoms with Crippen molar-refractivity contribution >= 4 is 11.7 Å². The highest BCUT2D eigenvalue weighted by molar-refractivity contribution is 5.95. The van der Waals surface area contributed by atoms with Crippen molar-refractivity contribution in [3.8, 4) is 6.07 Å². The Labute approximate surface area is 247 Å². The highest BCUT2D eigenvalue weighted by atomic mass is 16.2. The highest BCUT2D eigenvalue weighted by Gasteiger charge is 2.62. The van der Waals surface area contributed by atoms with E-state index in [1.165, 1.54) is 0 Å². The molecule has 1 heterocycles. The van der Waals surface area contributed by atoms with Crippen LogP contribution in [0.15, 0.2) is 29.5 Å². The number of aromatic nitrogens is 2. The van der Waals surface area contributed by atoms with E-state index in [1.54, 1.807) is 4.57 Å². The van der Waals surface area contributed by atoms with Gasteiger partial charge in [-0.15, -0.1) is 0 Å². The van der Waals surface area contributed by atoms with Crippen LogP contribution in [0.3, 0.4) is 0 Å². The predicted molar refractivity (Wildman–Crippen MR) is 163 cm³/mol. The molecule has 0 N–H and O–H groups in total. The molecular formula is C36H51N3O2. The molecule has 0 saturated heterocycles. The zero-order valence-corrected chi connectivity index (χ0v) is 26.8. The van der Waals surface area contributed by atoms with Crippen molar-refractivity contribution in [1.82, 2.24) is 9.55 Å². The van der Waals surface area contributed by atoms with Crippen LogP contribution in [0, 0.1) is 70.5 Å². The van der Waals surface area contributed by atoms with E-state index in [0.717, 1.165) is 86.9 Å². The Bertz CT molecular complexity index is 1340. The van der Waals surface area contributed by atoms with Gasteiger partial charge in [-0.1, -0.05) is 59.6 Å². The number of nitriles is 1. The largest absolute Gasteiger partial charge is 0.295 e. The molecule has 0 spiro atoms. The fourth-order valence-electron chi connectivity index (χ4n) is 10.0. The first-order chi connectivity index (χ1) is 19.2. The quantitative estimate of drug-likeness (QED) is 0.365. The van der Waals surface area contributed by atoms with Crippen LogP contribution in [-0.2, 0) is 4.79 Å². The van der Waals surface area contributed by atoms with E-state index in [2.05, 4.69) is 58.7 Å². The average molecular weight is 558 g/mol. The molecule has 0 amide bonds. The van der Waals surface area contributed by atoms with Gasteiger partial charge in [0.15, 0.2) is 5.78 Å². The van der Waals surface area contributed by atoms with E-state index >= 15 is 0 Å². The summed E-state index contributed by atoms with van der Waals surface area (Å²) in [6, 6.07) is 2.45. The third-order valence-electron chi connectivity index (χ3n) is 12.2. The van der Waals surface area contributed by atoms with E-state index in [-0.39, 0.29) is 39.8 Å². The summed E-state index contributed by atoms with van der Waals surface area (Å²) in [6.45, 7) is 17.6. The zero-order valence-electron chi connectivity index (χ0n) is 26.8. The number of fused-ring (bicyclic) bond motifs is 4. The standard InChI is InChI=1S/C36H51N3O2/c1-9-27-18-30(40)31-29-20-33(5,6)13-15-36(29,32(41)39-22-24(3)38-25(39)4)16-14-34(31,7)12-10-11-28-23(2)17-26(21-37)19-35(27,28)8/h18-19,22-23,28-29,31H,9-17,20H2,1-8H3/b27-18+/t23-,28+,29?,31?,34-,35-,36+/m1/s1. The minimum atomic E-state index is -0.544. The zero-order chi connectivity index (χ0) is 30.0. The number of ketones is 1. The smallest absolute Gasteiger partial charge is 0.238 e. The molecule has 1 aromatic heterocycles. The number of hydrogen-bond acceptors (Lipinski definition) is 4. The molecule has 41 heavy (non-hydrogen) atoms. The number of allylic oxidation sites excluding steroid dienone is 4. The normalized spacial score (nSPS) is 40.1. The van der Waals surface area contributed by atoms with E-state index in [0.29, 0.717) is 11.8 Å². The van der Waals surface area contributed by atoms with Crippen LogP contribution in [0.2, 0.25) is 0 Å². The maximum absolute atomic E-state index is 14.8. The lowest BCUT2D eigenvalue weighted by Gasteiger charge is -2.59. The second-order valence-corrected chi connectivity index (χ2v) is 15.5. The topological polar surface area (TPSA) is 75.8 Å². The van der Waals surface area contributed by atoms with Crippen LogP contribution in [0.4, 0.5) is 0 Å². The number of rotatable bonds is 2. The Balaban J connectivity index is 1.66. The van der Waals surface area contributed by atoms with Crippen molar-refractivity contribution in [1.29, 1.82) is 5.26 Å². The Morgan fingerprint density at radius 2 is 1.80 bits per heavy atom. The van der Waals surface area contributed by atoms with Crippen LogP contribution in [-0.4, -0.2) is 21.2 Å². The molecule has 5 heteroatoms. The molecule has 0 aromatic carbocycles. The van der Waals surface area contributed by atoms with Gasteiger partial charge in [-0.25, -0.2) is 4.98 Å². The highest BCUT2D eigenvalue weighted by Crippen LogP contribution is 2.64. The summed E-state index contributed by atoms with van der Waals surface area (Å²) in [5.74, 6) is 1.75. The molecule has 5 rings (SSSR count). The monoisotopic (exact) mass is 557 g/mol. The van der Waals surface area contributed by atoms with Crippen molar-refractivity contribution in [3.05, 3.63) is 41.0 Å². The molecular weight excluding hydrogens is 506 g/mol. The third-order valence-corrected chi connectivity index (χ3v) is 12.2. The number of imidazole rings is 1. The SMILES string of the molecule is CC/C1=C\C(=O)C2C3CC(C)(C)CC[C@]3(C(=O)n3cc(C)nc3C)CC[C@@]2(C)CCC[C@H]2[C@H](C)CC(C#N)=C[C@]12C. The number of carbonyl (C=O) groups excluding carboxylic acids is 2. The fraction of sp³-hybridized carbons (Fsp3) is 0.722. The Morgan fingerprint density at radius 3 is 2.44 bits per heavy atom. The van der Waals surface area contributed by atoms with E-state index < -0.39 is 5.41 Å². The van der Waals surface area contributed by atoms with Crippen LogP contribution >= 0.6 is 0 Å². The first-order valence-corrected chi connectivity index (χ1v) is 16.1. The van der Waals surface area contributed by atoms with Gasteiger partial charge in [0.1, 0.15) is 5.82 Å². The first-order valence-electron chi connectivity index (χ1n) is 16.1. The number of carbonyl (C=O) groups is 2. The van der Waals surface area contributed by atoms with Gasteiger partial charge in [-0.05, 0) is 106 Å². The van der Waals surface area contributed by atoms with Crippen LogP contribution in [0.25, 0.3) is 0 Å². The maximum atomic E-state index is 14.8. The molecule has 2 fully saturated rings. The Hall–Kier alpha value is -2.48. The van der Waals surface area contributed by atoms with E-state index in [9.17, 15) is 14.9 Å². The molecule has 4 aliphatic rings. The molecule has 5 nitrogen and oxygen atoms in total. The molecule has 0 radical (unpaired) electrons. The molecule has 1 aromatic rings. The van der Waals surface area contributed by atoms with Gasteiger partial charge < -0.3 is 0 Å². The van der Waals surface area contributed by atoms with Crippen LogP contribution < -0.4 is 0 Å². The third kappa shape index (κ3) is 4.88. The number of nitrogens with zero attached hydrogens (tertiary/aromatic N) is 3. The molecule has 0 bridgehead atoms. The lowest BCUT2D eigenvalue weighted by Crippen LogP contribution is -2.58. The molecule has 0 aliphatic heterocycles. The fourth-order valence-corrected chi connectivity index (χ4v) is 10.0. The summed E-state index contributed by atoms with van der Waals surface area (Å²) < 4.78 is 1.80. The van der Waals surface area contributed by atoms with E-state index in [1.807, 2.05) is 26.1 Å². The maximum Gasteiger partial charge on any atom is 0.238 e. The van der Waals surface area contributed by atoms with Gasteiger partial charge in [0.25, 0.3) is 0 Å². The number of hydrogen-bond donors (Lipinski definition) is 0. The van der Waals surface area contributed by atoms with Crippen molar-refractivity contribution in [2.75, 3.05) is 0 Å². The lowest BCUT2D eigenvalue weighted by molar-refractivity contribution is -0.139. The van der Waals surface area contributed by atoms with Crippen molar-refractivity contribution in [2.45, 2.75) is 120 Å². The van der Waals surface area contributed by atoms with Gasteiger partial charge in [0, 0.05) is 23.1 Å². The van der Waals surface area contributed by atoms with Gasteiger partial charge in [-0.3, -0.25) is 14.2 Å². The molecule has 7 atom stereocenters. The first kappa shape index (κ1) is 30.0. The van der Waals surface area contributed by atoms with Crippen LogP contribution in [0.5, 0.6) is 0 Å².